The van der Waals surface area contributed by atoms with E-state index in [4.69, 9.17) is 0 Å². The van der Waals surface area contributed by atoms with Crippen molar-refractivity contribution in [2.75, 3.05) is 18.0 Å². The molecule has 1 aromatic carbocycles. The van der Waals surface area contributed by atoms with Gasteiger partial charge in [-0.15, -0.1) is 0 Å². The Morgan fingerprint density at radius 2 is 1.88 bits per heavy atom. The molecule has 1 aliphatic rings. The SMILES string of the molecule is Cn1ncc2c(N3CCC([C@@H](O)c4ccccc4)CC3)ncnc21. The van der Waals surface area contributed by atoms with Crippen LogP contribution in [-0.4, -0.2) is 37.9 Å². The summed E-state index contributed by atoms with van der Waals surface area (Å²) in [6.45, 7) is 1.77. The van der Waals surface area contributed by atoms with Gasteiger partial charge in [0.25, 0.3) is 0 Å². The van der Waals surface area contributed by atoms with Crippen LogP contribution in [0, 0.1) is 5.92 Å². The van der Waals surface area contributed by atoms with Gasteiger partial charge in [-0.2, -0.15) is 5.10 Å². The molecule has 1 N–H and O–H groups in total. The van der Waals surface area contributed by atoms with Gasteiger partial charge in [0.15, 0.2) is 5.65 Å². The lowest BCUT2D eigenvalue weighted by atomic mass is 9.87. The van der Waals surface area contributed by atoms with Crippen molar-refractivity contribution in [1.29, 1.82) is 0 Å². The summed E-state index contributed by atoms with van der Waals surface area (Å²) in [6, 6.07) is 9.94. The summed E-state index contributed by atoms with van der Waals surface area (Å²) in [5.74, 6) is 1.23. The molecule has 3 aromatic rings. The minimum Gasteiger partial charge on any atom is -0.388 e. The second-order valence-electron chi connectivity index (χ2n) is 6.38. The van der Waals surface area contributed by atoms with Crippen LogP contribution in [0.15, 0.2) is 42.9 Å². The molecule has 6 heteroatoms. The summed E-state index contributed by atoms with van der Waals surface area (Å²) in [6.07, 6.45) is 4.93. The maximum atomic E-state index is 10.6. The second-order valence-corrected chi connectivity index (χ2v) is 6.38. The highest BCUT2D eigenvalue weighted by molar-refractivity contribution is 5.86. The third-order valence-corrected chi connectivity index (χ3v) is 4.94. The number of benzene rings is 1. The predicted octanol–water partition coefficient (Wildman–Crippen LogP) is 2.31. The predicted molar refractivity (Wildman–Crippen MR) is 92.6 cm³/mol. The molecule has 0 aliphatic carbocycles. The van der Waals surface area contributed by atoms with Crippen molar-refractivity contribution >= 4 is 16.9 Å². The first-order valence-corrected chi connectivity index (χ1v) is 8.34. The van der Waals surface area contributed by atoms with Crippen LogP contribution in [0.2, 0.25) is 0 Å². The van der Waals surface area contributed by atoms with Crippen LogP contribution in [0.4, 0.5) is 5.82 Å². The van der Waals surface area contributed by atoms with E-state index in [1.54, 1.807) is 11.0 Å². The number of piperidine rings is 1. The number of aryl methyl sites for hydroxylation is 1. The molecule has 0 unspecified atom stereocenters. The molecule has 1 saturated heterocycles. The average Bonchev–Trinajstić information content (AvgIpc) is 3.03. The Hall–Kier alpha value is -2.47. The first-order valence-electron chi connectivity index (χ1n) is 8.34. The Morgan fingerprint density at radius 3 is 2.62 bits per heavy atom. The molecule has 4 rings (SSSR count). The quantitative estimate of drug-likeness (QED) is 0.801. The van der Waals surface area contributed by atoms with E-state index in [2.05, 4.69) is 20.0 Å². The number of anilines is 1. The minimum atomic E-state index is -0.392. The van der Waals surface area contributed by atoms with E-state index in [9.17, 15) is 5.11 Å². The fraction of sp³-hybridized carbons (Fsp3) is 0.389. The Morgan fingerprint density at radius 1 is 1.12 bits per heavy atom. The van der Waals surface area contributed by atoms with Crippen molar-refractivity contribution in [3.8, 4) is 0 Å². The molecular formula is C18H21N5O. The molecule has 0 saturated carbocycles. The number of nitrogens with zero attached hydrogens (tertiary/aromatic N) is 5. The minimum absolute atomic E-state index is 0.287. The number of hydrogen-bond acceptors (Lipinski definition) is 5. The first kappa shape index (κ1) is 15.1. The molecular weight excluding hydrogens is 302 g/mol. The van der Waals surface area contributed by atoms with Crippen molar-refractivity contribution in [2.24, 2.45) is 13.0 Å². The smallest absolute Gasteiger partial charge is 0.163 e. The highest BCUT2D eigenvalue weighted by atomic mass is 16.3. The van der Waals surface area contributed by atoms with Crippen LogP contribution in [0.5, 0.6) is 0 Å². The largest absolute Gasteiger partial charge is 0.388 e. The van der Waals surface area contributed by atoms with Crippen molar-refractivity contribution in [3.05, 3.63) is 48.4 Å². The summed E-state index contributed by atoms with van der Waals surface area (Å²) in [5.41, 5.74) is 1.86. The van der Waals surface area contributed by atoms with Gasteiger partial charge in [-0.1, -0.05) is 30.3 Å². The monoisotopic (exact) mass is 323 g/mol. The van der Waals surface area contributed by atoms with Gasteiger partial charge in [0.1, 0.15) is 12.1 Å². The van der Waals surface area contributed by atoms with E-state index in [0.29, 0.717) is 0 Å². The molecule has 6 nitrogen and oxygen atoms in total. The number of fused-ring (bicyclic) bond motifs is 1. The Balaban J connectivity index is 1.50. The zero-order chi connectivity index (χ0) is 16.5. The Kier molecular flexibility index (Phi) is 3.90. The third-order valence-electron chi connectivity index (χ3n) is 4.94. The lowest BCUT2D eigenvalue weighted by molar-refractivity contribution is 0.0929. The molecule has 0 amide bonds. The third kappa shape index (κ3) is 2.63. The van der Waals surface area contributed by atoms with Gasteiger partial charge in [0.05, 0.1) is 17.7 Å². The summed E-state index contributed by atoms with van der Waals surface area (Å²) >= 11 is 0. The number of aliphatic hydroxyl groups is 1. The van der Waals surface area contributed by atoms with Gasteiger partial charge in [-0.05, 0) is 24.3 Å². The summed E-state index contributed by atoms with van der Waals surface area (Å²) in [5, 5.41) is 15.9. The topological polar surface area (TPSA) is 67.1 Å². The molecule has 2 aromatic heterocycles. The van der Waals surface area contributed by atoms with Crippen molar-refractivity contribution in [1.82, 2.24) is 19.7 Å². The van der Waals surface area contributed by atoms with E-state index in [-0.39, 0.29) is 5.92 Å². The van der Waals surface area contributed by atoms with Crippen molar-refractivity contribution in [3.63, 3.8) is 0 Å². The maximum absolute atomic E-state index is 10.6. The zero-order valence-corrected chi connectivity index (χ0v) is 13.7. The van der Waals surface area contributed by atoms with E-state index >= 15 is 0 Å². The van der Waals surface area contributed by atoms with Gasteiger partial charge < -0.3 is 10.0 Å². The van der Waals surface area contributed by atoms with Gasteiger partial charge in [0.2, 0.25) is 0 Å². The van der Waals surface area contributed by atoms with Crippen LogP contribution >= 0.6 is 0 Å². The molecule has 0 spiro atoms. The van der Waals surface area contributed by atoms with Crippen molar-refractivity contribution in [2.45, 2.75) is 18.9 Å². The fourth-order valence-electron chi connectivity index (χ4n) is 3.55. The molecule has 3 heterocycles. The standard InChI is InChI=1S/C18H21N5O/c1-22-17-15(11-21-22)18(20-12-19-17)23-9-7-14(8-10-23)16(24)13-5-3-2-4-6-13/h2-6,11-12,14,16,24H,7-10H2,1H3/t16-/m0/s1. The molecule has 1 fully saturated rings. The summed E-state index contributed by atoms with van der Waals surface area (Å²) < 4.78 is 1.77. The Labute approximate surface area is 140 Å². The van der Waals surface area contributed by atoms with Crippen LogP contribution in [0.3, 0.4) is 0 Å². The normalized spacial score (nSPS) is 17.3. The van der Waals surface area contributed by atoms with E-state index < -0.39 is 6.10 Å². The maximum Gasteiger partial charge on any atom is 0.163 e. The van der Waals surface area contributed by atoms with E-state index in [1.165, 1.54) is 0 Å². The number of hydrogen-bond donors (Lipinski definition) is 1. The molecule has 0 bridgehead atoms. The molecule has 1 aliphatic heterocycles. The molecule has 24 heavy (non-hydrogen) atoms. The lowest BCUT2D eigenvalue weighted by Gasteiger charge is -2.35. The lowest BCUT2D eigenvalue weighted by Crippen LogP contribution is -2.36. The van der Waals surface area contributed by atoms with E-state index in [1.807, 2.05) is 43.6 Å². The fourth-order valence-corrected chi connectivity index (χ4v) is 3.55. The van der Waals surface area contributed by atoms with E-state index in [0.717, 1.165) is 48.3 Å². The molecule has 124 valence electrons. The zero-order valence-electron chi connectivity index (χ0n) is 13.7. The van der Waals surface area contributed by atoms with Crippen LogP contribution < -0.4 is 4.90 Å². The van der Waals surface area contributed by atoms with Gasteiger partial charge in [0, 0.05) is 20.1 Å². The second kappa shape index (κ2) is 6.20. The van der Waals surface area contributed by atoms with Crippen LogP contribution in [-0.2, 0) is 7.05 Å². The number of rotatable bonds is 3. The summed E-state index contributed by atoms with van der Waals surface area (Å²) in [7, 11) is 1.89. The first-order chi connectivity index (χ1) is 11.7. The highest BCUT2D eigenvalue weighted by Gasteiger charge is 2.27. The Bertz CT molecular complexity index is 824. The van der Waals surface area contributed by atoms with Crippen molar-refractivity contribution < 1.29 is 5.11 Å². The average molecular weight is 323 g/mol. The van der Waals surface area contributed by atoms with Crippen LogP contribution in [0.1, 0.15) is 24.5 Å². The van der Waals surface area contributed by atoms with Gasteiger partial charge in [-0.3, -0.25) is 4.68 Å². The van der Waals surface area contributed by atoms with Gasteiger partial charge in [-0.25, -0.2) is 9.97 Å². The highest BCUT2D eigenvalue weighted by Crippen LogP contribution is 2.33. The number of aromatic nitrogens is 4. The van der Waals surface area contributed by atoms with Crippen LogP contribution in [0.25, 0.3) is 11.0 Å². The summed E-state index contributed by atoms with van der Waals surface area (Å²) in [4.78, 5) is 11.1. The van der Waals surface area contributed by atoms with Gasteiger partial charge >= 0.3 is 0 Å². The molecule has 1 atom stereocenters. The number of aliphatic hydroxyl groups excluding tert-OH is 1. The molecule has 0 radical (unpaired) electrons.